The maximum Gasteiger partial charge on any atom is 0.231 e. The minimum Gasteiger partial charge on any atom is -0.483 e. The van der Waals surface area contributed by atoms with Gasteiger partial charge in [-0.15, -0.1) is 28.1 Å². The van der Waals surface area contributed by atoms with Crippen molar-refractivity contribution in [2.24, 2.45) is 0 Å². The van der Waals surface area contributed by atoms with Crippen LogP contribution >= 0.6 is 23.1 Å². The van der Waals surface area contributed by atoms with Gasteiger partial charge in [-0.1, -0.05) is 36.9 Å². The van der Waals surface area contributed by atoms with Gasteiger partial charge < -0.3 is 14.2 Å². The molecular weight excluding hydrogens is 480 g/mol. The van der Waals surface area contributed by atoms with Gasteiger partial charge in [-0.3, -0.25) is 4.57 Å². The molecular formula is C26H26N4O3S2. The molecule has 0 radical (unpaired) electrons. The zero-order valence-corrected chi connectivity index (χ0v) is 21.3. The second-order valence-electron chi connectivity index (χ2n) is 8.00. The minimum atomic E-state index is -0.249. The fourth-order valence-electron chi connectivity index (χ4n) is 3.74. The molecule has 35 heavy (non-hydrogen) atoms. The number of thioether (sulfide) groups is 1. The molecule has 0 spiro atoms. The molecule has 0 bridgehead atoms. The van der Waals surface area contributed by atoms with E-state index in [1.54, 1.807) is 23.1 Å². The number of fused-ring (bicyclic) bond motifs is 1. The molecule has 0 fully saturated rings. The minimum absolute atomic E-state index is 0.249. The maximum atomic E-state index is 6.15. The van der Waals surface area contributed by atoms with Crippen molar-refractivity contribution in [1.82, 2.24) is 19.7 Å². The molecule has 180 valence electrons. The number of hydrogen-bond acceptors (Lipinski definition) is 8. The van der Waals surface area contributed by atoms with E-state index in [0.29, 0.717) is 12.3 Å². The Labute approximate surface area is 212 Å². The topological polar surface area (TPSA) is 71.3 Å². The number of ether oxygens (including phenoxy) is 3. The smallest absolute Gasteiger partial charge is 0.231 e. The summed E-state index contributed by atoms with van der Waals surface area (Å²) in [7, 11) is 0. The van der Waals surface area contributed by atoms with Crippen LogP contribution in [0.1, 0.15) is 37.0 Å². The molecule has 2 aromatic heterocycles. The average molecular weight is 507 g/mol. The van der Waals surface area contributed by atoms with Gasteiger partial charge in [0.05, 0.1) is 5.69 Å². The largest absolute Gasteiger partial charge is 0.483 e. The van der Waals surface area contributed by atoms with E-state index in [2.05, 4.69) is 41.2 Å². The van der Waals surface area contributed by atoms with Gasteiger partial charge in [0.15, 0.2) is 28.6 Å². The molecule has 0 saturated carbocycles. The van der Waals surface area contributed by atoms with E-state index in [0.717, 1.165) is 50.9 Å². The van der Waals surface area contributed by atoms with Crippen molar-refractivity contribution in [3.8, 4) is 27.8 Å². The number of hydrogen-bond donors (Lipinski definition) is 0. The summed E-state index contributed by atoms with van der Waals surface area (Å²) in [5.41, 5.74) is 3.29. The Balaban J connectivity index is 1.27. The fourth-order valence-corrected chi connectivity index (χ4v) is 5.51. The van der Waals surface area contributed by atoms with Crippen molar-refractivity contribution in [2.45, 2.75) is 43.8 Å². The van der Waals surface area contributed by atoms with Crippen molar-refractivity contribution in [2.75, 3.05) is 6.79 Å². The van der Waals surface area contributed by atoms with E-state index in [4.69, 9.17) is 19.2 Å². The molecule has 9 heteroatoms. The lowest BCUT2D eigenvalue weighted by Crippen LogP contribution is -2.12. The summed E-state index contributed by atoms with van der Waals surface area (Å²) in [4.78, 5) is 4.81. The number of allylic oxidation sites excluding steroid dienone is 1. The molecule has 0 amide bonds. The molecule has 0 aliphatic carbocycles. The van der Waals surface area contributed by atoms with Crippen molar-refractivity contribution in [1.29, 1.82) is 0 Å². The van der Waals surface area contributed by atoms with Gasteiger partial charge in [0, 0.05) is 23.2 Å². The third kappa shape index (κ3) is 5.21. The molecule has 4 aromatic rings. The fraction of sp³-hybridized carbons (Fsp3) is 0.269. The summed E-state index contributed by atoms with van der Waals surface area (Å²) in [6.07, 6.45) is 2.60. The third-order valence-electron chi connectivity index (χ3n) is 5.59. The first-order valence-corrected chi connectivity index (χ1v) is 13.3. The summed E-state index contributed by atoms with van der Waals surface area (Å²) >= 11 is 3.22. The SMILES string of the molecule is C=CCn1c(SCc2csc(-c3ccc4c(c3)OCO4)n2)nnc1C(C)Oc1ccc(CC)cc1. The van der Waals surface area contributed by atoms with Crippen molar-refractivity contribution >= 4 is 23.1 Å². The normalized spacial score (nSPS) is 13.1. The van der Waals surface area contributed by atoms with Crippen LogP contribution in [0.3, 0.4) is 0 Å². The highest BCUT2D eigenvalue weighted by Crippen LogP contribution is 2.37. The number of rotatable bonds is 10. The van der Waals surface area contributed by atoms with Crippen molar-refractivity contribution in [3.63, 3.8) is 0 Å². The lowest BCUT2D eigenvalue weighted by atomic mass is 10.2. The van der Waals surface area contributed by atoms with Crippen LogP contribution in [0.25, 0.3) is 10.6 Å². The van der Waals surface area contributed by atoms with Gasteiger partial charge in [0.2, 0.25) is 6.79 Å². The molecule has 3 heterocycles. The third-order valence-corrected chi connectivity index (χ3v) is 7.53. The highest BCUT2D eigenvalue weighted by Gasteiger charge is 2.20. The lowest BCUT2D eigenvalue weighted by Gasteiger charge is -2.16. The molecule has 1 atom stereocenters. The lowest BCUT2D eigenvalue weighted by molar-refractivity contribution is 0.174. The van der Waals surface area contributed by atoms with E-state index in [9.17, 15) is 0 Å². The van der Waals surface area contributed by atoms with Crippen LogP contribution in [0.5, 0.6) is 17.2 Å². The van der Waals surface area contributed by atoms with E-state index < -0.39 is 0 Å². The quantitative estimate of drug-likeness (QED) is 0.184. The van der Waals surface area contributed by atoms with Gasteiger partial charge in [0.1, 0.15) is 10.8 Å². The maximum absolute atomic E-state index is 6.15. The number of benzene rings is 2. The Morgan fingerprint density at radius 2 is 2.00 bits per heavy atom. The molecule has 0 saturated heterocycles. The van der Waals surface area contributed by atoms with Gasteiger partial charge >= 0.3 is 0 Å². The first-order valence-electron chi connectivity index (χ1n) is 11.4. The predicted octanol–water partition coefficient (Wildman–Crippen LogP) is 6.31. The Hall–Kier alpha value is -3.30. The first-order chi connectivity index (χ1) is 17.1. The van der Waals surface area contributed by atoms with Gasteiger partial charge in [-0.05, 0) is 49.2 Å². The van der Waals surface area contributed by atoms with E-state index in [1.807, 2.05) is 47.9 Å². The molecule has 7 nitrogen and oxygen atoms in total. The second-order valence-corrected chi connectivity index (χ2v) is 9.80. The standard InChI is InChI=1S/C26H26N4O3S2/c1-4-12-30-24(17(3)33-21-9-6-18(5-2)7-10-21)28-29-26(30)35-15-20-14-34-25(27-20)19-8-11-22-23(13-19)32-16-31-22/h4,6-11,13-14,17H,1,5,12,15-16H2,2-3H3. The van der Waals surface area contributed by atoms with Gasteiger partial charge in [-0.25, -0.2) is 4.98 Å². The summed E-state index contributed by atoms with van der Waals surface area (Å²) in [5, 5.41) is 12.7. The summed E-state index contributed by atoms with van der Waals surface area (Å²) < 4.78 is 19.1. The summed E-state index contributed by atoms with van der Waals surface area (Å²) in [5.74, 6) is 3.80. The average Bonchev–Trinajstić information content (AvgIpc) is 3.63. The number of aromatic nitrogens is 4. The van der Waals surface area contributed by atoms with E-state index >= 15 is 0 Å². The molecule has 1 aliphatic heterocycles. The van der Waals surface area contributed by atoms with Crippen LogP contribution in [0, 0.1) is 0 Å². The van der Waals surface area contributed by atoms with E-state index in [1.165, 1.54) is 5.56 Å². The Morgan fingerprint density at radius 1 is 1.17 bits per heavy atom. The van der Waals surface area contributed by atoms with Crippen LogP contribution in [-0.2, 0) is 18.7 Å². The highest BCUT2D eigenvalue weighted by molar-refractivity contribution is 7.98. The first kappa shape index (κ1) is 23.4. The van der Waals surface area contributed by atoms with E-state index in [-0.39, 0.29) is 12.9 Å². The van der Waals surface area contributed by atoms with Crippen molar-refractivity contribution in [3.05, 3.63) is 77.6 Å². The molecule has 1 aliphatic rings. The predicted molar refractivity (Wildman–Crippen MR) is 138 cm³/mol. The van der Waals surface area contributed by atoms with Crippen molar-refractivity contribution < 1.29 is 14.2 Å². The highest BCUT2D eigenvalue weighted by atomic mass is 32.2. The molecule has 2 aromatic carbocycles. The zero-order chi connectivity index (χ0) is 24.2. The summed E-state index contributed by atoms with van der Waals surface area (Å²) in [6, 6.07) is 14.1. The zero-order valence-electron chi connectivity index (χ0n) is 19.6. The summed E-state index contributed by atoms with van der Waals surface area (Å²) in [6.45, 7) is 8.90. The molecule has 5 rings (SSSR count). The van der Waals surface area contributed by atoms with Gasteiger partial charge in [-0.2, -0.15) is 0 Å². The number of nitrogens with zero attached hydrogens (tertiary/aromatic N) is 4. The van der Waals surface area contributed by atoms with Crippen LogP contribution in [0.2, 0.25) is 0 Å². The van der Waals surface area contributed by atoms with Crippen LogP contribution < -0.4 is 14.2 Å². The monoisotopic (exact) mass is 506 g/mol. The number of aryl methyl sites for hydroxylation is 1. The molecule has 1 unspecified atom stereocenters. The number of thiazole rings is 1. The Kier molecular flexibility index (Phi) is 7.06. The Morgan fingerprint density at radius 3 is 2.80 bits per heavy atom. The molecule has 0 N–H and O–H groups in total. The van der Waals surface area contributed by atoms with Crippen LogP contribution in [0.4, 0.5) is 0 Å². The second kappa shape index (κ2) is 10.5. The van der Waals surface area contributed by atoms with Crippen LogP contribution in [0.15, 0.2) is 65.7 Å². The van der Waals surface area contributed by atoms with Gasteiger partial charge in [0.25, 0.3) is 0 Å². The van der Waals surface area contributed by atoms with Crippen LogP contribution in [-0.4, -0.2) is 26.5 Å². The Bertz CT molecular complexity index is 1320.